The molecule has 2 heteroatoms. The third kappa shape index (κ3) is 1.58. The van der Waals surface area contributed by atoms with Crippen molar-refractivity contribution in [3.8, 4) is 0 Å². The lowest BCUT2D eigenvalue weighted by molar-refractivity contribution is 0.577. The van der Waals surface area contributed by atoms with E-state index in [-0.39, 0.29) is 0 Å². The van der Waals surface area contributed by atoms with E-state index in [9.17, 15) is 0 Å². The van der Waals surface area contributed by atoms with Crippen LogP contribution >= 0.6 is 0 Å². The lowest BCUT2D eigenvalue weighted by Crippen LogP contribution is -2.29. The number of pyridine rings is 1. The van der Waals surface area contributed by atoms with Crippen molar-refractivity contribution in [3.05, 3.63) is 24.5 Å². The van der Waals surface area contributed by atoms with Crippen molar-refractivity contribution in [2.24, 2.45) is 0 Å². The number of piperidine rings is 1. The fraction of sp³-hybridized carbons (Fsp3) is 0.500. The second kappa shape index (κ2) is 3.57. The van der Waals surface area contributed by atoms with Crippen LogP contribution in [0.25, 0.3) is 0 Å². The van der Waals surface area contributed by atoms with Gasteiger partial charge >= 0.3 is 0 Å². The molecular formula is C10H13N2. The van der Waals surface area contributed by atoms with Gasteiger partial charge in [0.2, 0.25) is 0 Å². The maximum Gasteiger partial charge on any atom is 0.0633 e. The molecule has 0 amide bonds. The molecule has 1 saturated heterocycles. The van der Waals surface area contributed by atoms with E-state index in [0.717, 1.165) is 5.69 Å². The predicted molar refractivity (Wildman–Crippen MR) is 49.1 cm³/mol. The van der Waals surface area contributed by atoms with Gasteiger partial charge in [0, 0.05) is 25.4 Å². The number of anilines is 1. The summed E-state index contributed by atoms with van der Waals surface area (Å²) in [5.74, 6) is 0. The van der Waals surface area contributed by atoms with Crippen molar-refractivity contribution in [2.75, 3.05) is 18.0 Å². The average Bonchev–Trinajstić information content (AvgIpc) is 2.21. The van der Waals surface area contributed by atoms with Crippen molar-refractivity contribution in [1.82, 2.24) is 4.98 Å². The van der Waals surface area contributed by atoms with E-state index in [1.54, 1.807) is 6.20 Å². The Kier molecular flexibility index (Phi) is 2.26. The van der Waals surface area contributed by atoms with Crippen molar-refractivity contribution < 1.29 is 0 Å². The third-order valence-corrected chi connectivity index (χ3v) is 2.29. The molecule has 0 bridgehead atoms. The highest BCUT2D eigenvalue weighted by Gasteiger charge is 2.09. The Morgan fingerprint density at radius 2 is 2.08 bits per heavy atom. The molecule has 2 heterocycles. The molecule has 0 saturated carbocycles. The van der Waals surface area contributed by atoms with Gasteiger partial charge in [-0.2, -0.15) is 0 Å². The van der Waals surface area contributed by atoms with Gasteiger partial charge in [-0.1, -0.05) is 0 Å². The van der Waals surface area contributed by atoms with Crippen LogP contribution in [0.1, 0.15) is 19.3 Å². The Balaban J connectivity index is 2.08. The first-order chi connectivity index (χ1) is 5.97. The minimum Gasteiger partial charge on any atom is -0.370 e. The van der Waals surface area contributed by atoms with Crippen LogP contribution in [0.3, 0.4) is 0 Å². The molecule has 63 valence electrons. The Morgan fingerprint density at radius 1 is 1.25 bits per heavy atom. The zero-order chi connectivity index (χ0) is 8.23. The summed E-state index contributed by atoms with van der Waals surface area (Å²) < 4.78 is 0. The molecule has 12 heavy (non-hydrogen) atoms. The average molecular weight is 161 g/mol. The molecule has 1 aromatic rings. The summed E-state index contributed by atoms with van der Waals surface area (Å²) in [6, 6.07) is 5.08. The lowest BCUT2D eigenvalue weighted by atomic mass is 10.1. The maximum atomic E-state index is 4.09. The second-order valence-electron chi connectivity index (χ2n) is 3.17. The molecule has 0 N–H and O–H groups in total. The van der Waals surface area contributed by atoms with Crippen LogP contribution in [0, 0.1) is 6.07 Å². The molecule has 0 unspecified atom stereocenters. The SMILES string of the molecule is [c]1ccncc1N1CCCCC1. The first-order valence-electron chi connectivity index (χ1n) is 4.53. The standard InChI is InChI=1S/C10H13N2/c1-2-7-12(8-3-1)10-5-4-6-11-9-10/h4,6,9H,1-3,7-8H2. The van der Waals surface area contributed by atoms with E-state index in [1.807, 2.05) is 12.3 Å². The quantitative estimate of drug-likeness (QED) is 0.625. The van der Waals surface area contributed by atoms with E-state index in [4.69, 9.17) is 0 Å². The first kappa shape index (κ1) is 7.59. The van der Waals surface area contributed by atoms with Crippen molar-refractivity contribution in [1.29, 1.82) is 0 Å². The smallest absolute Gasteiger partial charge is 0.0633 e. The molecule has 1 aliphatic rings. The predicted octanol–water partition coefficient (Wildman–Crippen LogP) is 1.87. The topological polar surface area (TPSA) is 16.1 Å². The molecule has 0 aromatic carbocycles. The van der Waals surface area contributed by atoms with Crippen LogP contribution < -0.4 is 4.90 Å². The lowest BCUT2D eigenvalue weighted by Gasteiger charge is -2.27. The molecule has 2 rings (SSSR count). The van der Waals surface area contributed by atoms with Gasteiger partial charge in [-0.15, -0.1) is 0 Å². The van der Waals surface area contributed by atoms with Crippen LogP contribution in [0.5, 0.6) is 0 Å². The maximum absolute atomic E-state index is 4.09. The van der Waals surface area contributed by atoms with Gasteiger partial charge in [-0.25, -0.2) is 0 Å². The number of aromatic nitrogens is 1. The molecule has 1 aromatic heterocycles. The monoisotopic (exact) mass is 161 g/mol. The highest BCUT2D eigenvalue weighted by molar-refractivity contribution is 5.42. The number of nitrogens with zero attached hydrogens (tertiary/aromatic N) is 2. The van der Waals surface area contributed by atoms with Gasteiger partial charge < -0.3 is 4.90 Å². The van der Waals surface area contributed by atoms with Crippen LogP contribution in [0.2, 0.25) is 0 Å². The second-order valence-corrected chi connectivity index (χ2v) is 3.17. The van der Waals surface area contributed by atoms with Gasteiger partial charge in [0.1, 0.15) is 0 Å². The zero-order valence-electron chi connectivity index (χ0n) is 7.16. The molecule has 0 spiro atoms. The summed E-state index contributed by atoms with van der Waals surface area (Å²) >= 11 is 0. The van der Waals surface area contributed by atoms with E-state index >= 15 is 0 Å². The summed E-state index contributed by atoms with van der Waals surface area (Å²) in [4.78, 5) is 6.44. The fourth-order valence-electron chi connectivity index (χ4n) is 1.62. The summed E-state index contributed by atoms with van der Waals surface area (Å²) in [7, 11) is 0. The normalized spacial score (nSPS) is 17.8. The highest BCUT2D eigenvalue weighted by atomic mass is 15.1. The molecule has 0 atom stereocenters. The van der Waals surface area contributed by atoms with Crippen LogP contribution in [0.4, 0.5) is 5.69 Å². The van der Waals surface area contributed by atoms with Gasteiger partial charge in [0.15, 0.2) is 0 Å². The van der Waals surface area contributed by atoms with Gasteiger partial charge in [0.25, 0.3) is 0 Å². The molecule has 0 aliphatic carbocycles. The van der Waals surface area contributed by atoms with E-state index in [0.29, 0.717) is 0 Å². The number of hydrogen-bond donors (Lipinski definition) is 0. The van der Waals surface area contributed by atoms with Gasteiger partial charge in [0.05, 0.1) is 11.9 Å². The summed E-state index contributed by atoms with van der Waals surface area (Å²) in [5, 5.41) is 0. The van der Waals surface area contributed by atoms with Crippen LogP contribution in [-0.4, -0.2) is 18.1 Å². The molecule has 1 radical (unpaired) electrons. The number of rotatable bonds is 1. The molecular weight excluding hydrogens is 148 g/mol. The van der Waals surface area contributed by atoms with Crippen LogP contribution in [-0.2, 0) is 0 Å². The Bertz CT molecular complexity index is 227. The van der Waals surface area contributed by atoms with E-state index in [2.05, 4.69) is 16.0 Å². The largest absolute Gasteiger partial charge is 0.370 e. The number of hydrogen-bond acceptors (Lipinski definition) is 2. The Hall–Kier alpha value is -1.05. The summed E-state index contributed by atoms with van der Waals surface area (Å²) in [6.45, 7) is 2.34. The van der Waals surface area contributed by atoms with E-state index in [1.165, 1.54) is 32.4 Å². The van der Waals surface area contributed by atoms with Gasteiger partial charge in [-0.05, 0) is 25.3 Å². The van der Waals surface area contributed by atoms with Crippen molar-refractivity contribution in [2.45, 2.75) is 19.3 Å². The third-order valence-electron chi connectivity index (χ3n) is 2.29. The molecule has 1 fully saturated rings. The first-order valence-corrected chi connectivity index (χ1v) is 4.53. The Morgan fingerprint density at radius 3 is 2.75 bits per heavy atom. The van der Waals surface area contributed by atoms with E-state index < -0.39 is 0 Å². The fourth-order valence-corrected chi connectivity index (χ4v) is 1.62. The summed E-state index contributed by atoms with van der Waals surface area (Å²) in [6.07, 6.45) is 7.65. The molecule has 2 nitrogen and oxygen atoms in total. The minimum atomic E-state index is 1.15. The zero-order valence-corrected chi connectivity index (χ0v) is 7.16. The highest BCUT2D eigenvalue weighted by Crippen LogP contribution is 2.16. The van der Waals surface area contributed by atoms with Crippen LogP contribution in [0.15, 0.2) is 18.5 Å². The molecule has 1 aliphatic heterocycles. The minimum absolute atomic E-state index is 1.15. The van der Waals surface area contributed by atoms with Crippen molar-refractivity contribution in [3.63, 3.8) is 0 Å². The van der Waals surface area contributed by atoms with Crippen molar-refractivity contribution >= 4 is 5.69 Å². The Labute approximate surface area is 73.2 Å². The summed E-state index contributed by atoms with van der Waals surface area (Å²) in [5.41, 5.74) is 1.15. The van der Waals surface area contributed by atoms with Gasteiger partial charge in [-0.3, -0.25) is 4.98 Å².